The van der Waals surface area contributed by atoms with Gasteiger partial charge in [-0.1, -0.05) is 6.92 Å². The van der Waals surface area contributed by atoms with Crippen molar-refractivity contribution in [2.45, 2.75) is 32.6 Å². The van der Waals surface area contributed by atoms with Crippen molar-refractivity contribution in [2.75, 3.05) is 32.7 Å². The molecule has 1 saturated heterocycles. The fourth-order valence-electron chi connectivity index (χ4n) is 3.43. The van der Waals surface area contributed by atoms with Crippen molar-refractivity contribution in [2.24, 2.45) is 0 Å². The van der Waals surface area contributed by atoms with Crippen LogP contribution in [-0.2, 0) is 12.4 Å². The Morgan fingerprint density at radius 2 is 1.61 bits per heavy atom. The second-order valence-corrected chi connectivity index (χ2v) is 8.31. The normalized spacial score (nSPS) is 16.5. The minimum Gasteiger partial charge on any atom is -0.337 e. The Hall–Kier alpha value is -2.14. The number of carbonyl (C=O) groups is 1. The van der Waals surface area contributed by atoms with Crippen molar-refractivity contribution < 1.29 is 31.1 Å². The molecule has 31 heavy (non-hydrogen) atoms. The zero-order valence-corrected chi connectivity index (χ0v) is 17.7. The second-order valence-electron chi connectivity index (χ2n) is 7.31. The van der Waals surface area contributed by atoms with Gasteiger partial charge in [0, 0.05) is 25.2 Å². The molecule has 0 atom stereocenters. The average Bonchev–Trinajstić information content (AvgIpc) is 2.92. The van der Waals surface area contributed by atoms with E-state index >= 15 is 0 Å². The molecule has 0 spiro atoms. The van der Waals surface area contributed by atoms with Crippen LogP contribution in [0, 0.1) is 6.92 Å². The molecule has 0 saturated carbocycles. The first kappa shape index (κ1) is 23.5. The molecule has 3 rings (SSSR count). The van der Waals surface area contributed by atoms with E-state index < -0.39 is 23.5 Å². The lowest BCUT2D eigenvalue weighted by Crippen LogP contribution is -2.35. The van der Waals surface area contributed by atoms with Gasteiger partial charge in [0.1, 0.15) is 9.88 Å². The summed E-state index contributed by atoms with van der Waals surface area (Å²) in [5.74, 6) is -0.303. The van der Waals surface area contributed by atoms with Crippen molar-refractivity contribution in [3.8, 4) is 10.6 Å². The van der Waals surface area contributed by atoms with E-state index in [9.17, 15) is 31.1 Å². The molecule has 4 nitrogen and oxygen atoms in total. The van der Waals surface area contributed by atoms with Crippen LogP contribution in [0.3, 0.4) is 0 Å². The summed E-state index contributed by atoms with van der Waals surface area (Å²) >= 11 is 0.816. The van der Waals surface area contributed by atoms with Crippen molar-refractivity contribution in [3.63, 3.8) is 0 Å². The van der Waals surface area contributed by atoms with Crippen molar-refractivity contribution >= 4 is 17.2 Å². The molecule has 0 aliphatic carbocycles. The van der Waals surface area contributed by atoms with Gasteiger partial charge in [-0.15, -0.1) is 11.3 Å². The molecule has 0 N–H and O–H groups in total. The van der Waals surface area contributed by atoms with E-state index in [1.807, 2.05) is 6.92 Å². The average molecular weight is 465 g/mol. The number of thiazole rings is 1. The second kappa shape index (κ2) is 8.78. The number of aromatic nitrogens is 1. The highest BCUT2D eigenvalue weighted by Crippen LogP contribution is 2.40. The molecule has 0 bridgehead atoms. The SMILES string of the molecule is CCN1CCCN(C(=O)c2sc(-c3cc(C(F)(F)F)cc(C(F)(F)F)c3)nc2C)CC1. The van der Waals surface area contributed by atoms with Crippen LogP contribution in [0.15, 0.2) is 18.2 Å². The van der Waals surface area contributed by atoms with Gasteiger partial charge in [-0.2, -0.15) is 26.3 Å². The Morgan fingerprint density at radius 3 is 2.16 bits per heavy atom. The van der Waals surface area contributed by atoms with E-state index in [1.165, 1.54) is 6.92 Å². The van der Waals surface area contributed by atoms with Crippen LogP contribution in [0.25, 0.3) is 10.6 Å². The van der Waals surface area contributed by atoms with Gasteiger partial charge >= 0.3 is 12.4 Å². The monoisotopic (exact) mass is 465 g/mol. The maximum atomic E-state index is 13.2. The van der Waals surface area contributed by atoms with Crippen LogP contribution in [0.2, 0.25) is 0 Å². The molecule has 1 aliphatic rings. The number of likely N-dealkylation sites (N-methyl/N-ethyl adjacent to an activating group) is 1. The lowest BCUT2D eigenvalue weighted by molar-refractivity contribution is -0.143. The molecule has 0 radical (unpaired) electrons. The summed E-state index contributed by atoms with van der Waals surface area (Å²) in [5, 5.41) is -0.0533. The van der Waals surface area contributed by atoms with Crippen LogP contribution in [-0.4, -0.2) is 53.4 Å². The Balaban J connectivity index is 1.95. The first-order valence-electron chi connectivity index (χ1n) is 9.69. The molecular weight excluding hydrogens is 444 g/mol. The molecule has 2 aromatic rings. The Labute approximate surface area is 179 Å². The van der Waals surface area contributed by atoms with Gasteiger partial charge in [-0.05, 0) is 44.6 Å². The fourth-order valence-corrected chi connectivity index (χ4v) is 4.45. The van der Waals surface area contributed by atoms with Gasteiger partial charge in [0.15, 0.2) is 0 Å². The summed E-state index contributed by atoms with van der Waals surface area (Å²) in [7, 11) is 0. The van der Waals surface area contributed by atoms with Gasteiger partial charge < -0.3 is 9.80 Å². The highest BCUT2D eigenvalue weighted by molar-refractivity contribution is 7.17. The number of amides is 1. The molecule has 0 unspecified atom stereocenters. The molecular formula is C20H21F6N3OS. The lowest BCUT2D eigenvalue weighted by Gasteiger charge is -2.20. The van der Waals surface area contributed by atoms with Gasteiger partial charge in [-0.25, -0.2) is 4.98 Å². The summed E-state index contributed by atoms with van der Waals surface area (Å²) in [6.07, 6.45) is -9.11. The van der Waals surface area contributed by atoms with Crippen molar-refractivity contribution in [3.05, 3.63) is 39.9 Å². The number of alkyl halides is 6. The number of rotatable bonds is 3. The largest absolute Gasteiger partial charge is 0.416 e. The molecule has 2 heterocycles. The predicted molar refractivity (Wildman–Crippen MR) is 105 cm³/mol. The predicted octanol–water partition coefficient (Wildman–Crippen LogP) is 5.32. The first-order valence-corrected chi connectivity index (χ1v) is 10.5. The van der Waals surface area contributed by atoms with E-state index in [0.29, 0.717) is 31.8 Å². The smallest absolute Gasteiger partial charge is 0.337 e. The Morgan fingerprint density at radius 1 is 1.00 bits per heavy atom. The minimum atomic E-state index is -4.95. The number of benzene rings is 1. The maximum absolute atomic E-state index is 13.2. The molecule has 1 fully saturated rings. The summed E-state index contributed by atoms with van der Waals surface area (Å²) in [6.45, 7) is 7.02. The quantitative estimate of drug-likeness (QED) is 0.576. The van der Waals surface area contributed by atoms with E-state index in [0.717, 1.165) is 30.8 Å². The van der Waals surface area contributed by atoms with Gasteiger partial charge in [0.2, 0.25) is 0 Å². The van der Waals surface area contributed by atoms with E-state index in [1.54, 1.807) is 4.90 Å². The third kappa shape index (κ3) is 5.38. The van der Waals surface area contributed by atoms with E-state index in [-0.39, 0.29) is 33.1 Å². The van der Waals surface area contributed by atoms with Gasteiger partial charge in [0.05, 0.1) is 16.8 Å². The Bertz CT molecular complexity index is 921. The zero-order valence-electron chi connectivity index (χ0n) is 16.9. The summed E-state index contributed by atoms with van der Waals surface area (Å²) in [4.78, 5) is 21.2. The molecule has 1 aliphatic heterocycles. The molecule has 1 aromatic carbocycles. The number of aryl methyl sites for hydroxylation is 1. The fraction of sp³-hybridized carbons (Fsp3) is 0.500. The molecule has 11 heteroatoms. The highest BCUT2D eigenvalue weighted by Gasteiger charge is 2.37. The van der Waals surface area contributed by atoms with Crippen LogP contribution in [0.4, 0.5) is 26.3 Å². The third-order valence-corrected chi connectivity index (χ3v) is 6.34. The molecule has 1 amide bonds. The number of halogens is 6. The van der Waals surface area contributed by atoms with Gasteiger partial charge in [-0.3, -0.25) is 4.79 Å². The zero-order chi connectivity index (χ0) is 23.0. The highest BCUT2D eigenvalue weighted by atomic mass is 32.1. The molecule has 1 aromatic heterocycles. The van der Waals surface area contributed by atoms with Crippen LogP contribution in [0.1, 0.15) is 39.8 Å². The van der Waals surface area contributed by atoms with Crippen LogP contribution in [0.5, 0.6) is 0 Å². The summed E-state index contributed by atoms with van der Waals surface area (Å²) in [6, 6.07) is 1.34. The number of hydrogen-bond acceptors (Lipinski definition) is 4. The third-order valence-electron chi connectivity index (χ3n) is 5.15. The van der Waals surface area contributed by atoms with Crippen LogP contribution >= 0.6 is 11.3 Å². The Kier molecular flexibility index (Phi) is 6.66. The van der Waals surface area contributed by atoms with E-state index in [4.69, 9.17) is 0 Å². The standard InChI is InChI=1S/C20H21F6N3OS/c1-3-28-5-4-6-29(8-7-28)18(30)16-12(2)27-17(31-16)13-9-14(19(21,22)23)11-15(10-13)20(24,25)26/h9-11H,3-8H2,1-2H3. The number of hydrogen-bond donors (Lipinski definition) is 0. The van der Waals surface area contributed by atoms with Crippen molar-refractivity contribution in [1.82, 2.24) is 14.8 Å². The first-order chi connectivity index (χ1) is 14.4. The van der Waals surface area contributed by atoms with Gasteiger partial charge in [0.25, 0.3) is 5.91 Å². The summed E-state index contributed by atoms with van der Waals surface area (Å²) < 4.78 is 78.9. The molecule has 170 valence electrons. The summed E-state index contributed by atoms with van der Waals surface area (Å²) in [5.41, 5.74) is -2.86. The van der Waals surface area contributed by atoms with E-state index in [2.05, 4.69) is 9.88 Å². The number of carbonyl (C=O) groups excluding carboxylic acids is 1. The lowest BCUT2D eigenvalue weighted by atomic mass is 10.1. The maximum Gasteiger partial charge on any atom is 0.416 e. The topological polar surface area (TPSA) is 36.4 Å². The van der Waals surface area contributed by atoms with Crippen LogP contribution < -0.4 is 0 Å². The number of nitrogens with zero attached hydrogens (tertiary/aromatic N) is 3. The minimum absolute atomic E-state index is 0.0533. The van der Waals surface area contributed by atoms with Crippen molar-refractivity contribution in [1.29, 1.82) is 0 Å².